The fourth-order valence-electron chi connectivity index (χ4n) is 1.72. The lowest BCUT2D eigenvalue weighted by Gasteiger charge is -2.13. The number of hydrogen-bond acceptors (Lipinski definition) is 5. The van der Waals surface area contributed by atoms with Crippen LogP contribution in [-0.4, -0.2) is 15.9 Å². The Morgan fingerprint density at radius 2 is 2.16 bits per heavy atom. The lowest BCUT2D eigenvalue weighted by molar-refractivity contribution is 0.102. The summed E-state index contributed by atoms with van der Waals surface area (Å²) in [5, 5.41) is 1.93. The molecule has 96 valence electrons. The predicted octanol–water partition coefficient (Wildman–Crippen LogP) is 4.60. The van der Waals surface area contributed by atoms with Crippen molar-refractivity contribution in [3.8, 4) is 0 Å². The molecule has 2 aromatic rings. The Labute approximate surface area is 124 Å². The fraction of sp³-hybridized carbons (Fsp3) is 0.143. The van der Waals surface area contributed by atoms with Crippen LogP contribution in [0, 0.1) is 0 Å². The number of carbonyl (C=O) groups is 1. The highest BCUT2D eigenvalue weighted by Gasteiger charge is 2.14. The maximum absolute atomic E-state index is 11.9. The Balaban J connectivity index is 1.66. The minimum atomic E-state index is 0.183. The first-order valence-corrected chi connectivity index (χ1v) is 8.67. The molecule has 0 N–H and O–H groups in total. The Morgan fingerprint density at radius 1 is 1.26 bits per heavy atom. The predicted molar refractivity (Wildman–Crippen MR) is 85.9 cm³/mol. The molecule has 1 aromatic carbocycles. The molecule has 0 aliphatic carbocycles. The quantitative estimate of drug-likeness (QED) is 0.776. The van der Waals surface area contributed by atoms with Crippen LogP contribution in [0.25, 0.3) is 0 Å². The largest absolute Gasteiger partial charge is 0.292 e. The van der Waals surface area contributed by atoms with E-state index in [0.29, 0.717) is 5.75 Å². The number of Topliss-reactive ketones (excluding diaryl/α,β-unsaturated/α-hetero) is 1. The Hall–Kier alpha value is -1.04. The maximum Gasteiger partial charge on any atom is 0.183 e. The van der Waals surface area contributed by atoms with Gasteiger partial charge in [-0.1, -0.05) is 47.8 Å². The number of thioether (sulfide) groups is 2. The average molecular weight is 305 g/mol. The molecule has 0 radical (unpaired) electrons. The first-order chi connectivity index (χ1) is 9.33. The summed E-state index contributed by atoms with van der Waals surface area (Å²) in [4.78, 5) is 17.3. The number of nitrogens with zero attached hydrogens (tertiary/aromatic N) is 1. The van der Waals surface area contributed by atoms with Gasteiger partial charge in [0.05, 0.1) is 16.3 Å². The number of fused-ring (bicyclic) bond motifs is 1. The van der Waals surface area contributed by atoms with Crippen LogP contribution in [0.4, 0.5) is 5.69 Å². The summed E-state index contributed by atoms with van der Waals surface area (Å²) < 4.78 is 0.989. The van der Waals surface area contributed by atoms with Gasteiger partial charge in [-0.2, -0.15) is 0 Å². The first-order valence-electron chi connectivity index (χ1n) is 5.82. The Kier molecular flexibility index (Phi) is 4.06. The van der Waals surface area contributed by atoms with E-state index in [2.05, 4.69) is 11.1 Å². The van der Waals surface area contributed by atoms with Crippen molar-refractivity contribution in [3.05, 3.63) is 52.2 Å². The highest BCUT2D eigenvalue weighted by molar-refractivity contribution is 8.38. The first kappa shape index (κ1) is 13.0. The van der Waals surface area contributed by atoms with Crippen molar-refractivity contribution in [1.82, 2.24) is 0 Å². The summed E-state index contributed by atoms with van der Waals surface area (Å²) in [5.41, 5.74) is 2.30. The van der Waals surface area contributed by atoms with E-state index in [1.54, 1.807) is 11.8 Å². The molecule has 0 unspecified atom stereocenters. The molecule has 2 heterocycles. The number of thiophene rings is 1. The number of hydrogen-bond donors (Lipinski definition) is 0. The third kappa shape index (κ3) is 3.11. The van der Waals surface area contributed by atoms with Gasteiger partial charge in [-0.3, -0.25) is 4.79 Å². The van der Waals surface area contributed by atoms with Gasteiger partial charge in [-0.25, -0.2) is 4.99 Å². The van der Waals surface area contributed by atoms with Gasteiger partial charge in [-0.05, 0) is 23.1 Å². The van der Waals surface area contributed by atoms with Gasteiger partial charge in [0, 0.05) is 5.75 Å². The van der Waals surface area contributed by atoms with E-state index >= 15 is 0 Å². The van der Waals surface area contributed by atoms with Gasteiger partial charge in [0.25, 0.3) is 0 Å². The Bertz CT molecular complexity index is 619. The zero-order valence-corrected chi connectivity index (χ0v) is 12.5. The summed E-state index contributed by atoms with van der Waals surface area (Å²) in [6.45, 7) is 0. The molecule has 1 aromatic heterocycles. The molecule has 0 amide bonds. The molecule has 1 aliphatic heterocycles. The molecule has 0 saturated carbocycles. The van der Waals surface area contributed by atoms with Crippen LogP contribution in [0.1, 0.15) is 15.2 Å². The molecule has 0 bridgehead atoms. The topological polar surface area (TPSA) is 29.4 Å². The molecule has 3 rings (SSSR count). The number of para-hydroxylation sites is 1. The van der Waals surface area contributed by atoms with Crippen molar-refractivity contribution in [2.75, 3.05) is 5.75 Å². The molecule has 2 nitrogen and oxygen atoms in total. The minimum Gasteiger partial charge on any atom is -0.292 e. The summed E-state index contributed by atoms with van der Waals surface area (Å²) in [6, 6.07) is 11.9. The van der Waals surface area contributed by atoms with Crippen LogP contribution in [0.15, 0.2) is 46.8 Å². The smallest absolute Gasteiger partial charge is 0.183 e. The van der Waals surface area contributed by atoms with E-state index < -0.39 is 0 Å². The molecule has 0 atom stereocenters. The van der Waals surface area contributed by atoms with Crippen molar-refractivity contribution in [2.24, 2.45) is 4.99 Å². The van der Waals surface area contributed by atoms with Gasteiger partial charge >= 0.3 is 0 Å². The maximum atomic E-state index is 11.9. The lowest BCUT2D eigenvalue weighted by atomic mass is 10.2. The van der Waals surface area contributed by atoms with Gasteiger partial charge < -0.3 is 0 Å². The van der Waals surface area contributed by atoms with Gasteiger partial charge in [-0.15, -0.1) is 11.3 Å². The van der Waals surface area contributed by atoms with Crippen LogP contribution < -0.4 is 0 Å². The lowest BCUT2D eigenvalue weighted by Crippen LogP contribution is -2.03. The van der Waals surface area contributed by atoms with Crippen LogP contribution in [0.3, 0.4) is 0 Å². The van der Waals surface area contributed by atoms with Crippen LogP contribution in [0.2, 0.25) is 0 Å². The third-order valence-electron chi connectivity index (χ3n) is 2.68. The number of ketones is 1. The average Bonchev–Trinajstić information content (AvgIpc) is 2.99. The van der Waals surface area contributed by atoms with Crippen molar-refractivity contribution < 1.29 is 4.79 Å². The van der Waals surface area contributed by atoms with Gasteiger partial charge in [0.2, 0.25) is 0 Å². The summed E-state index contributed by atoms with van der Waals surface area (Å²) in [6.07, 6.45) is 0. The molecular formula is C14H11NOS3. The Morgan fingerprint density at radius 3 is 3.00 bits per heavy atom. The van der Waals surface area contributed by atoms with E-state index in [9.17, 15) is 4.79 Å². The molecule has 0 saturated heterocycles. The molecule has 0 fully saturated rings. The summed E-state index contributed by atoms with van der Waals surface area (Å²) >= 11 is 4.74. The van der Waals surface area contributed by atoms with E-state index in [0.717, 1.165) is 20.7 Å². The second-order valence-electron chi connectivity index (χ2n) is 3.98. The molecule has 1 aliphatic rings. The molecule has 5 heteroatoms. The van der Waals surface area contributed by atoms with Gasteiger partial charge in [0.1, 0.15) is 4.38 Å². The van der Waals surface area contributed by atoms with Crippen LogP contribution >= 0.6 is 34.9 Å². The van der Waals surface area contributed by atoms with Crippen molar-refractivity contribution in [2.45, 2.75) is 5.75 Å². The summed E-state index contributed by atoms with van der Waals surface area (Å²) in [7, 11) is 0. The van der Waals surface area contributed by atoms with Crippen molar-refractivity contribution >= 4 is 50.7 Å². The van der Waals surface area contributed by atoms with E-state index in [-0.39, 0.29) is 5.78 Å². The zero-order chi connectivity index (χ0) is 13.1. The highest BCUT2D eigenvalue weighted by atomic mass is 32.2. The standard InChI is InChI=1S/C14H11NOS3/c16-12(13-6-3-7-17-13)9-19-14-15-11-5-2-1-4-10(11)8-18-14/h1-7H,8-9H2. The van der Waals surface area contributed by atoms with Crippen LogP contribution in [0.5, 0.6) is 0 Å². The molecule has 0 spiro atoms. The monoisotopic (exact) mass is 305 g/mol. The fourth-order valence-corrected chi connectivity index (χ4v) is 4.42. The normalized spacial score (nSPS) is 13.8. The number of carbonyl (C=O) groups excluding carboxylic acids is 1. The van der Waals surface area contributed by atoms with Crippen LogP contribution in [-0.2, 0) is 5.75 Å². The molecule has 19 heavy (non-hydrogen) atoms. The third-order valence-corrected chi connectivity index (χ3v) is 5.83. The second kappa shape index (κ2) is 5.94. The molecular weight excluding hydrogens is 294 g/mol. The number of benzene rings is 1. The van der Waals surface area contributed by atoms with Crippen molar-refractivity contribution in [1.29, 1.82) is 0 Å². The van der Waals surface area contributed by atoms with E-state index in [4.69, 9.17) is 0 Å². The number of rotatable bonds is 3. The van der Waals surface area contributed by atoms with Gasteiger partial charge in [0.15, 0.2) is 5.78 Å². The van der Waals surface area contributed by atoms with Crippen molar-refractivity contribution in [3.63, 3.8) is 0 Å². The minimum absolute atomic E-state index is 0.183. The number of aliphatic imine (C=N–C) groups is 1. The summed E-state index contributed by atoms with van der Waals surface area (Å²) in [5.74, 6) is 1.59. The SMILES string of the molecule is O=C(CSC1=Nc2ccccc2CS1)c1cccs1. The highest BCUT2D eigenvalue weighted by Crippen LogP contribution is 2.34. The zero-order valence-electron chi connectivity index (χ0n) is 10.0. The van der Waals surface area contributed by atoms with E-state index in [1.807, 2.05) is 35.7 Å². The second-order valence-corrected chi connectivity index (χ2v) is 7.12. The van der Waals surface area contributed by atoms with E-state index in [1.165, 1.54) is 28.7 Å².